The zero-order valence-corrected chi connectivity index (χ0v) is 19.7. The molecule has 2 aromatic heterocycles. The number of benzene rings is 1. The van der Waals surface area contributed by atoms with Crippen molar-refractivity contribution in [1.29, 1.82) is 0 Å². The molecule has 8 nitrogen and oxygen atoms in total. The van der Waals surface area contributed by atoms with Crippen LogP contribution in [0.15, 0.2) is 36.8 Å². The first-order valence-electron chi connectivity index (χ1n) is 11.0. The molecule has 1 amide bonds. The Morgan fingerprint density at radius 3 is 2.61 bits per heavy atom. The second-order valence-electron chi connectivity index (χ2n) is 9.13. The third-order valence-electron chi connectivity index (χ3n) is 6.16. The average Bonchev–Trinajstić information content (AvgIpc) is 2.80. The van der Waals surface area contributed by atoms with Crippen LogP contribution in [-0.2, 0) is 5.60 Å². The fraction of sp³-hybridized carbons (Fsp3) is 0.417. The predicted molar refractivity (Wildman–Crippen MR) is 128 cm³/mol. The molecule has 0 spiro atoms. The monoisotopic (exact) mass is 469 g/mol. The molecule has 0 unspecified atom stereocenters. The summed E-state index contributed by atoms with van der Waals surface area (Å²) in [6.07, 6.45) is 5.94. The van der Waals surface area contributed by atoms with E-state index in [1.54, 1.807) is 32.4 Å². The van der Waals surface area contributed by atoms with Crippen LogP contribution in [-0.4, -0.2) is 55.3 Å². The van der Waals surface area contributed by atoms with E-state index < -0.39 is 11.7 Å². The van der Waals surface area contributed by atoms with E-state index in [1.165, 1.54) is 4.90 Å². The number of pyridine rings is 1. The maximum atomic E-state index is 11.4. The molecule has 4 rings (SSSR count). The number of aliphatic hydroxyl groups is 1. The molecular weight excluding hydrogens is 442 g/mol. The summed E-state index contributed by atoms with van der Waals surface area (Å²) in [5, 5.41) is 24.4. The first-order chi connectivity index (χ1) is 15.6. The molecule has 1 saturated heterocycles. The van der Waals surface area contributed by atoms with Crippen LogP contribution in [0.2, 0.25) is 5.02 Å². The number of hydrogen-bond acceptors (Lipinski definition) is 6. The molecule has 0 aliphatic carbocycles. The van der Waals surface area contributed by atoms with Crippen LogP contribution in [0, 0.1) is 5.92 Å². The van der Waals surface area contributed by atoms with Crippen LogP contribution in [0.25, 0.3) is 22.0 Å². The van der Waals surface area contributed by atoms with Crippen molar-refractivity contribution in [3.8, 4) is 11.1 Å². The average molecular weight is 470 g/mol. The Hall–Kier alpha value is -2.97. The highest BCUT2D eigenvalue weighted by molar-refractivity contribution is 6.34. The molecule has 3 aromatic rings. The van der Waals surface area contributed by atoms with Gasteiger partial charge >= 0.3 is 6.09 Å². The number of anilines is 1. The van der Waals surface area contributed by atoms with Crippen molar-refractivity contribution in [2.24, 2.45) is 5.92 Å². The second kappa shape index (κ2) is 9.11. The molecule has 0 saturated carbocycles. The highest BCUT2D eigenvalue weighted by Gasteiger charge is 2.28. The van der Waals surface area contributed by atoms with Crippen molar-refractivity contribution < 1.29 is 15.0 Å². The van der Waals surface area contributed by atoms with Crippen molar-refractivity contribution in [3.05, 3.63) is 47.6 Å². The predicted octanol–water partition coefficient (Wildman–Crippen LogP) is 4.76. The van der Waals surface area contributed by atoms with Gasteiger partial charge in [-0.15, -0.1) is 0 Å². The lowest BCUT2D eigenvalue weighted by Crippen LogP contribution is -2.44. The normalized spacial score (nSPS) is 17.7. The molecule has 1 aromatic carbocycles. The van der Waals surface area contributed by atoms with Gasteiger partial charge in [0.1, 0.15) is 5.60 Å². The molecule has 3 heterocycles. The fourth-order valence-electron chi connectivity index (χ4n) is 4.22. The van der Waals surface area contributed by atoms with E-state index in [-0.39, 0.29) is 12.0 Å². The summed E-state index contributed by atoms with van der Waals surface area (Å²) in [6, 6.07) is 5.89. The zero-order chi connectivity index (χ0) is 23.8. The number of amides is 1. The largest absolute Gasteiger partial charge is 0.465 e. The first-order valence-corrected chi connectivity index (χ1v) is 11.4. The summed E-state index contributed by atoms with van der Waals surface area (Å²) in [4.78, 5) is 26.0. The molecule has 9 heteroatoms. The van der Waals surface area contributed by atoms with Gasteiger partial charge in [0.2, 0.25) is 0 Å². The van der Waals surface area contributed by atoms with E-state index in [1.807, 2.05) is 18.2 Å². The van der Waals surface area contributed by atoms with Crippen molar-refractivity contribution in [1.82, 2.24) is 19.9 Å². The number of likely N-dealkylation sites (tertiary alicyclic amines) is 1. The second-order valence-corrected chi connectivity index (χ2v) is 9.54. The van der Waals surface area contributed by atoms with Gasteiger partial charge in [-0.1, -0.05) is 17.7 Å². The van der Waals surface area contributed by atoms with Gasteiger partial charge < -0.3 is 20.4 Å². The lowest BCUT2D eigenvalue weighted by atomic mass is 9.91. The van der Waals surface area contributed by atoms with Crippen LogP contribution in [0.5, 0.6) is 0 Å². The van der Waals surface area contributed by atoms with Crippen molar-refractivity contribution in [2.75, 3.05) is 18.4 Å². The molecular formula is C24H28ClN5O3. The van der Waals surface area contributed by atoms with Crippen LogP contribution in [0.1, 0.15) is 39.4 Å². The van der Waals surface area contributed by atoms with E-state index in [2.05, 4.69) is 27.2 Å². The third kappa shape index (κ3) is 5.02. The van der Waals surface area contributed by atoms with Gasteiger partial charge in [0.25, 0.3) is 0 Å². The van der Waals surface area contributed by atoms with Gasteiger partial charge in [0.05, 0.1) is 16.2 Å². The van der Waals surface area contributed by atoms with Crippen LogP contribution in [0.4, 0.5) is 10.5 Å². The summed E-state index contributed by atoms with van der Waals surface area (Å²) < 4.78 is 0. The molecule has 0 bridgehead atoms. The van der Waals surface area contributed by atoms with Crippen LogP contribution < -0.4 is 5.32 Å². The highest BCUT2D eigenvalue weighted by atomic mass is 35.5. The minimum Gasteiger partial charge on any atom is -0.465 e. The van der Waals surface area contributed by atoms with Gasteiger partial charge in [0.15, 0.2) is 5.82 Å². The number of fused-ring (bicyclic) bond motifs is 1. The quantitative estimate of drug-likeness (QED) is 0.493. The minimum absolute atomic E-state index is 0.0216. The SMILES string of the molecule is C[C@@H](Nc1c(Cl)cnc2ccc(-c3cnc(C(C)(C)O)nc3)cc12)[C@@H]1CCCN(C(=O)O)C1. The summed E-state index contributed by atoms with van der Waals surface area (Å²) in [6.45, 7) is 6.43. The number of rotatable bonds is 5. The van der Waals surface area contributed by atoms with Crippen LogP contribution in [0.3, 0.4) is 0 Å². The standard InChI is InChI=1S/C24H28ClN5O3/c1-14(16-5-4-8-30(13-16)23(31)32)29-21-18-9-15(6-7-20(18)26-12-19(21)25)17-10-27-22(28-11-17)24(2,3)33/h6-7,9-12,14,16,33H,4-5,8,13H2,1-3H3,(H,26,29)(H,31,32)/t14-,16-/m1/s1. The van der Waals surface area contributed by atoms with E-state index in [0.29, 0.717) is 23.9 Å². The van der Waals surface area contributed by atoms with Crippen molar-refractivity contribution in [3.63, 3.8) is 0 Å². The molecule has 2 atom stereocenters. The number of halogens is 1. The zero-order valence-electron chi connectivity index (χ0n) is 18.9. The molecule has 174 valence electrons. The number of nitrogens with one attached hydrogen (secondary N) is 1. The third-order valence-corrected chi connectivity index (χ3v) is 6.45. The number of aromatic nitrogens is 3. The lowest BCUT2D eigenvalue weighted by molar-refractivity contribution is 0.0687. The Balaban J connectivity index is 1.64. The number of carbonyl (C=O) groups is 1. The summed E-state index contributed by atoms with van der Waals surface area (Å²) >= 11 is 6.55. The summed E-state index contributed by atoms with van der Waals surface area (Å²) in [5.74, 6) is 0.538. The Bertz CT molecular complexity index is 1160. The molecule has 3 N–H and O–H groups in total. The Morgan fingerprint density at radius 2 is 1.94 bits per heavy atom. The van der Waals surface area contributed by atoms with Gasteiger partial charge in [-0.05, 0) is 57.2 Å². The molecule has 33 heavy (non-hydrogen) atoms. The van der Waals surface area contributed by atoms with Gasteiger partial charge in [-0.25, -0.2) is 14.8 Å². The molecule has 1 aliphatic heterocycles. The van der Waals surface area contributed by atoms with E-state index in [9.17, 15) is 15.0 Å². The van der Waals surface area contributed by atoms with Crippen LogP contribution >= 0.6 is 11.6 Å². The summed E-state index contributed by atoms with van der Waals surface area (Å²) in [5.41, 5.74) is 2.18. The van der Waals surface area contributed by atoms with Crippen molar-refractivity contribution >= 4 is 34.3 Å². The number of nitrogens with zero attached hydrogens (tertiary/aromatic N) is 4. The van der Waals surface area contributed by atoms with Gasteiger partial charge in [-0.2, -0.15) is 0 Å². The summed E-state index contributed by atoms with van der Waals surface area (Å²) in [7, 11) is 0. The molecule has 1 aliphatic rings. The maximum Gasteiger partial charge on any atom is 0.407 e. The Kier molecular flexibility index (Phi) is 6.41. The smallest absolute Gasteiger partial charge is 0.407 e. The Morgan fingerprint density at radius 1 is 1.21 bits per heavy atom. The number of hydrogen-bond donors (Lipinski definition) is 3. The lowest BCUT2D eigenvalue weighted by Gasteiger charge is -2.35. The fourth-order valence-corrected chi connectivity index (χ4v) is 4.43. The Labute approximate surface area is 197 Å². The van der Waals surface area contributed by atoms with Crippen molar-refractivity contribution in [2.45, 2.75) is 45.3 Å². The maximum absolute atomic E-state index is 11.4. The number of piperidine rings is 1. The van der Waals surface area contributed by atoms with E-state index in [4.69, 9.17) is 11.6 Å². The van der Waals surface area contributed by atoms with E-state index >= 15 is 0 Å². The minimum atomic E-state index is -1.11. The molecule has 0 radical (unpaired) electrons. The topological polar surface area (TPSA) is 111 Å². The highest BCUT2D eigenvalue weighted by Crippen LogP contribution is 2.34. The first kappa shape index (κ1) is 23.2. The van der Waals surface area contributed by atoms with Gasteiger partial charge in [0, 0.05) is 48.7 Å². The van der Waals surface area contributed by atoms with Gasteiger partial charge in [-0.3, -0.25) is 4.98 Å². The molecule has 1 fully saturated rings. The van der Waals surface area contributed by atoms with E-state index in [0.717, 1.165) is 40.6 Å². The number of carboxylic acid groups (broad SMARTS) is 1.